The van der Waals surface area contributed by atoms with Crippen LogP contribution in [0.4, 0.5) is 0 Å². The lowest BCUT2D eigenvalue weighted by molar-refractivity contribution is -0.0908. The number of aryl methyl sites for hydroxylation is 1. The van der Waals surface area contributed by atoms with E-state index in [-0.39, 0.29) is 22.5 Å². The minimum atomic E-state index is -3.55. The van der Waals surface area contributed by atoms with Crippen LogP contribution in [-0.4, -0.2) is 44.0 Å². The van der Waals surface area contributed by atoms with Crippen molar-refractivity contribution in [1.29, 1.82) is 0 Å². The number of hydrogen-bond donors (Lipinski definition) is 2. The van der Waals surface area contributed by atoms with E-state index < -0.39 is 10.0 Å². The van der Waals surface area contributed by atoms with Crippen LogP contribution >= 0.6 is 0 Å². The monoisotopic (exact) mass is 316 g/mol. The second kappa shape index (κ2) is 6.04. The van der Waals surface area contributed by atoms with Crippen molar-refractivity contribution in [1.82, 2.24) is 14.5 Å². The van der Waals surface area contributed by atoms with Crippen molar-refractivity contribution >= 4 is 10.0 Å². The molecule has 2 unspecified atom stereocenters. The van der Waals surface area contributed by atoms with Crippen LogP contribution in [0.1, 0.15) is 26.7 Å². The predicted octanol–water partition coefficient (Wildman–Crippen LogP) is 0.324. The SMILES string of the molecule is COC1CC(NS(=O)(=O)c2cnn(CCCN)c2)C1(C)C. The van der Waals surface area contributed by atoms with Crippen molar-refractivity contribution in [3.63, 3.8) is 0 Å². The molecule has 3 N–H and O–H groups in total. The van der Waals surface area contributed by atoms with E-state index in [1.165, 1.54) is 12.4 Å². The Morgan fingerprint density at radius 3 is 2.86 bits per heavy atom. The van der Waals surface area contributed by atoms with E-state index in [0.29, 0.717) is 19.5 Å². The minimum absolute atomic E-state index is 0.0810. The van der Waals surface area contributed by atoms with Crippen LogP contribution in [0, 0.1) is 5.41 Å². The van der Waals surface area contributed by atoms with Gasteiger partial charge in [-0.25, -0.2) is 13.1 Å². The summed E-state index contributed by atoms with van der Waals surface area (Å²) in [4.78, 5) is 0.191. The van der Waals surface area contributed by atoms with E-state index in [1.807, 2.05) is 13.8 Å². The van der Waals surface area contributed by atoms with Gasteiger partial charge in [-0.1, -0.05) is 13.8 Å². The summed E-state index contributed by atoms with van der Waals surface area (Å²) in [6.07, 6.45) is 4.44. The third kappa shape index (κ3) is 3.28. The first-order valence-electron chi connectivity index (χ1n) is 7.09. The van der Waals surface area contributed by atoms with Crippen LogP contribution < -0.4 is 10.5 Å². The molecule has 0 aliphatic heterocycles. The lowest BCUT2D eigenvalue weighted by atomic mass is 9.65. The van der Waals surface area contributed by atoms with Crippen LogP contribution in [0.25, 0.3) is 0 Å². The number of hydrogen-bond acceptors (Lipinski definition) is 5. The van der Waals surface area contributed by atoms with E-state index in [9.17, 15) is 8.42 Å². The highest BCUT2D eigenvalue weighted by Gasteiger charge is 2.50. The zero-order valence-corrected chi connectivity index (χ0v) is 13.6. The molecule has 0 amide bonds. The van der Waals surface area contributed by atoms with Gasteiger partial charge in [-0.3, -0.25) is 4.68 Å². The highest BCUT2D eigenvalue weighted by atomic mass is 32.2. The van der Waals surface area contributed by atoms with Gasteiger partial charge in [-0.2, -0.15) is 5.10 Å². The van der Waals surface area contributed by atoms with Crippen molar-refractivity contribution in [3.8, 4) is 0 Å². The molecule has 1 aromatic heterocycles. The minimum Gasteiger partial charge on any atom is -0.381 e. The molecule has 1 fully saturated rings. The van der Waals surface area contributed by atoms with Crippen molar-refractivity contribution in [3.05, 3.63) is 12.4 Å². The normalized spacial score (nSPS) is 24.8. The average molecular weight is 316 g/mol. The van der Waals surface area contributed by atoms with Crippen LogP contribution in [0.3, 0.4) is 0 Å². The molecule has 1 aromatic rings. The maximum absolute atomic E-state index is 12.4. The molecular weight excluding hydrogens is 292 g/mol. The Bertz CT molecular complexity index is 582. The summed E-state index contributed by atoms with van der Waals surface area (Å²) in [6, 6.07) is -0.125. The molecule has 2 rings (SSSR count). The molecule has 120 valence electrons. The van der Waals surface area contributed by atoms with Crippen molar-refractivity contribution in [2.24, 2.45) is 11.1 Å². The third-order valence-corrected chi connectivity index (χ3v) is 5.70. The van der Waals surface area contributed by atoms with E-state index in [4.69, 9.17) is 10.5 Å². The van der Waals surface area contributed by atoms with Crippen LogP contribution in [0.15, 0.2) is 17.3 Å². The first-order chi connectivity index (χ1) is 9.81. The zero-order chi connectivity index (χ0) is 15.7. The van der Waals surface area contributed by atoms with Crippen LogP contribution in [0.2, 0.25) is 0 Å². The van der Waals surface area contributed by atoms with Gasteiger partial charge in [0.25, 0.3) is 0 Å². The summed E-state index contributed by atoms with van der Waals surface area (Å²) >= 11 is 0. The fraction of sp³-hybridized carbons (Fsp3) is 0.769. The van der Waals surface area contributed by atoms with Gasteiger partial charge in [0.2, 0.25) is 10.0 Å². The number of nitrogens with one attached hydrogen (secondary N) is 1. The van der Waals surface area contributed by atoms with Gasteiger partial charge in [0, 0.05) is 31.3 Å². The van der Waals surface area contributed by atoms with E-state index in [2.05, 4.69) is 9.82 Å². The largest absolute Gasteiger partial charge is 0.381 e. The highest BCUT2D eigenvalue weighted by Crippen LogP contribution is 2.42. The zero-order valence-electron chi connectivity index (χ0n) is 12.7. The fourth-order valence-electron chi connectivity index (χ4n) is 2.60. The summed E-state index contributed by atoms with van der Waals surface area (Å²) in [5.74, 6) is 0. The van der Waals surface area contributed by atoms with Crippen LogP contribution in [-0.2, 0) is 21.3 Å². The second-order valence-electron chi connectivity index (χ2n) is 6.04. The van der Waals surface area contributed by atoms with Gasteiger partial charge < -0.3 is 10.5 Å². The molecule has 1 heterocycles. The Kier molecular flexibility index (Phi) is 4.72. The summed E-state index contributed by atoms with van der Waals surface area (Å²) in [7, 11) is -1.90. The van der Waals surface area contributed by atoms with Crippen molar-refractivity contribution in [2.45, 2.75) is 50.3 Å². The van der Waals surface area contributed by atoms with Crippen molar-refractivity contribution < 1.29 is 13.2 Å². The molecule has 0 bridgehead atoms. The van der Waals surface area contributed by atoms with Gasteiger partial charge in [0.1, 0.15) is 4.90 Å². The molecule has 0 spiro atoms. The summed E-state index contributed by atoms with van der Waals surface area (Å²) < 4.78 is 34.4. The Balaban J connectivity index is 2.04. The lowest BCUT2D eigenvalue weighted by Gasteiger charge is -2.50. The summed E-state index contributed by atoms with van der Waals surface area (Å²) in [5.41, 5.74) is 5.22. The fourth-order valence-corrected chi connectivity index (χ4v) is 3.96. The Morgan fingerprint density at radius 1 is 1.57 bits per heavy atom. The summed E-state index contributed by atoms with van der Waals surface area (Å²) in [6.45, 7) is 5.17. The molecule has 1 saturated carbocycles. The molecule has 0 aromatic carbocycles. The van der Waals surface area contributed by atoms with Gasteiger partial charge in [-0.05, 0) is 19.4 Å². The molecule has 1 aliphatic rings. The van der Waals surface area contributed by atoms with E-state index in [1.54, 1.807) is 11.8 Å². The molecule has 1 aliphatic carbocycles. The maximum atomic E-state index is 12.4. The van der Waals surface area contributed by atoms with Gasteiger partial charge in [0.05, 0.1) is 12.3 Å². The van der Waals surface area contributed by atoms with E-state index >= 15 is 0 Å². The topological polar surface area (TPSA) is 99.2 Å². The molecular formula is C13H24N4O3S. The molecule has 8 heteroatoms. The Labute approximate surface area is 125 Å². The number of nitrogens with two attached hydrogens (primary N) is 1. The highest BCUT2D eigenvalue weighted by molar-refractivity contribution is 7.89. The standard InChI is InChI=1S/C13H24N4O3S/c1-13(2)11(7-12(13)20-3)16-21(18,19)10-8-15-17(9-10)6-4-5-14/h8-9,11-12,16H,4-7,14H2,1-3H3. The maximum Gasteiger partial charge on any atom is 0.243 e. The second-order valence-corrected chi connectivity index (χ2v) is 7.75. The van der Waals surface area contributed by atoms with Gasteiger partial charge in [-0.15, -0.1) is 0 Å². The molecule has 0 saturated heterocycles. The lowest BCUT2D eigenvalue weighted by Crippen LogP contribution is -2.61. The third-order valence-electron chi connectivity index (χ3n) is 4.27. The van der Waals surface area contributed by atoms with Crippen molar-refractivity contribution in [2.75, 3.05) is 13.7 Å². The molecule has 0 radical (unpaired) electrons. The number of rotatable bonds is 7. The number of aromatic nitrogens is 2. The van der Waals surface area contributed by atoms with E-state index in [0.717, 1.165) is 6.42 Å². The molecule has 2 atom stereocenters. The van der Waals surface area contributed by atoms with Gasteiger partial charge in [0.15, 0.2) is 0 Å². The number of methoxy groups -OCH3 is 1. The molecule has 7 nitrogen and oxygen atoms in total. The Hall–Kier alpha value is -0.960. The number of nitrogens with zero attached hydrogens (tertiary/aromatic N) is 2. The quantitative estimate of drug-likeness (QED) is 0.755. The van der Waals surface area contributed by atoms with Gasteiger partial charge >= 0.3 is 0 Å². The smallest absolute Gasteiger partial charge is 0.243 e. The Morgan fingerprint density at radius 2 is 2.29 bits per heavy atom. The predicted molar refractivity (Wildman–Crippen MR) is 79.2 cm³/mol. The average Bonchev–Trinajstić information content (AvgIpc) is 2.90. The van der Waals surface area contributed by atoms with Crippen LogP contribution in [0.5, 0.6) is 0 Å². The first-order valence-corrected chi connectivity index (χ1v) is 8.57. The first kappa shape index (κ1) is 16.4. The molecule has 21 heavy (non-hydrogen) atoms. The summed E-state index contributed by atoms with van der Waals surface area (Å²) in [5, 5.41) is 4.06. The number of ether oxygens (including phenoxy) is 1. The number of sulfonamides is 1.